The summed E-state index contributed by atoms with van der Waals surface area (Å²) in [4.78, 5) is 1.69. The average Bonchev–Trinajstić information content (AvgIpc) is 2.27. The fourth-order valence-corrected chi connectivity index (χ4v) is 2.32. The molecule has 1 aromatic carbocycles. The molecule has 1 N–H and O–H groups in total. The van der Waals surface area contributed by atoms with Gasteiger partial charge in [0.25, 0.3) is 0 Å². The third-order valence-electron chi connectivity index (χ3n) is 3.28. The highest BCUT2D eigenvalue weighted by Gasteiger charge is 2.19. The van der Waals surface area contributed by atoms with E-state index in [4.69, 9.17) is 0 Å². The topological polar surface area (TPSA) is 15.3 Å². The minimum Gasteiger partial charge on any atom is -0.367 e. The molecule has 108 valence electrons. The second kappa shape index (κ2) is 6.85. The van der Waals surface area contributed by atoms with Crippen molar-refractivity contribution in [2.45, 2.75) is 39.8 Å². The Labute approximate surface area is 114 Å². The SMILES string of the molecule is CNCc1cc(F)c(N(C)C(C)CC(C)C)c(F)c1. The molecule has 1 atom stereocenters. The Hall–Kier alpha value is -1.16. The Balaban J connectivity index is 2.99. The number of benzene rings is 1. The first-order valence-electron chi connectivity index (χ1n) is 6.72. The minimum atomic E-state index is -0.497. The molecule has 4 heteroatoms. The quantitative estimate of drug-likeness (QED) is 0.850. The summed E-state index contributed by atoms with van der Waals surface area (Å²) in [5, 5.41) is 2.89. The van der Waals surface area contributed by atoms with Crippen molar-refractivity contribution in [2.75, 3.05) is 19.0 Å². The molecular formula is C15H24F2N2. The third-order valence-corrected chi connectivity index (χ3v) is 3.28. The van der Waals surface area contributed by atoms with E-state index in [9.17, 15) is 8.78 Å². The standard InChI is InChI=1S/C15H24F2N2/c1-10(2)6-11(3)19(5)15-13(16)7-12(9-18-4)8-14(15)17/h7-8,10-11,18H,6,9H2,1-5H3. The van der Waals surface area contributed by atoms with Crippen LogP contribution in [0, 0.1) is 17.6 Å². The van der Waals surface area contributed by atoms with Gasteiger partial charge in [-0.2, -0.15) is 0 Å². The lowest BCUT2D eigenvalue weighted by Crippen LogP contribution is -2.31. The van der Waals surface area contributed by atoms with Gasteiger partial charge in [0.15, 0.2) is 0 Å². The van der Waals surface area contributed by atoms with E-state index in [0.29, 0.717) is 18.0 Å². The van der Waals surface area contributed by atoms with Crippen molar-refractivity contribution in [3.05, 3.63) is 29.3 Å². The van der Waals surface area contributed by atoms with Crippen molar-refractivity contribution in [1.82, 2.24) is 5.32 Å². The molecule has 0 saturated heterocycles. The Bertz CT molecular complexity index is 396. The van der Waals surface area contributed by atoms with E-state index in [1.807, 2.05) is 6.92 Å². The van der Waals surface area contributed by atoms with Crippen LogP contribution in [0.25, 0.3) is 0 Å². The van der Waals surface area contributed by atoms with Crippen molar-refractivity contribution < 1.29 is 8.78 Å². The Morgan fingerprint density at radius 3 is 2.11 bits per heavy atom. The van der Waals surface area contributed by atoms with E-state index in [-0.39, 0.29) is 11.7 Å². The lowest BCUT2D eigenvalue weighted by atomic mass is 10.0. The van der Waals surface area contributed by atoms with Gasteiger partial charge in [0.2, 0.25) is 0 Å². The van der Waals surface area contributed by atoms with Gasteiger partial charge in [-0.25, -0.2) is 8.78 Å². The van der Waals surface area contributed by atoms with Crippen molar-refractivity contribution in [3.63, 3.8) is 0 Å². The van der Waals surface area contributed by atoms with Crippen molar-refractivity contribution in [2.24, 2.45) is 5.92 Å². The van der Waals surface area contributed by atoms with Crippen LogP contribution >= 0.6 is 0 Å². The van der Waals surface area contributed by atoms with Gasteiger partial charge in [0.1, 0.15) is 17.3 Å². The number of nitrogens with one attached hydrogen (secondary N) is 1. The van der Waals surface area contributed by atoms with E-state index < -0.39 is 11.6 Å². The third kappa shape index (κ3) is 4.16. The second-order valence-corrected chi connectivity index (χ2v) is 5.53. The van der Waals surface area contributed by atoms with Crippen LogP contribution in [0.4, 0.5) is 14.5 Å². The Morgan fingerprint density at radius 2 is 1.68 bits per heavy atom. The fraction of sp³-hybridized carbons (Fsp3) is 0.600. The Kier molecular flexibility index (Phi) is 5.73. The fourth-order valence-electron chi connectivity index (χ4n) is 2.32. The largest absolute Gasteiger partial charge is 0.367 e. The van der Waals surface area contributed by atoms with Crippen LogP contribution in [0.2, 0.25) is 0 Å². The maximum Gasteiger partial charge on any atom is 0.149 e. The zero-order valence-corrected chi connectivity index (χ0v) is 12.4. The second-order valence-electron chi connectivity index (χ2n) is 5.53. The molecule has 0 radical (unpaired) electrons. The molecule has 0 heterocycles. The minimum absolute atomic E-state index is 0.0630. The van der Waals surface area contributed by atoms with Crippen molar-refractivity contribution in [1.29, 1.82) is 0 Å². The summed E-state index contributed by atoms with van der Waals surface area (Å²) < 4.78 is 28.1. The lowest BCUT2D eigenvalue weighted by Gasteiger charge is -2.29. The summed E-state index contributed by atoms with van der Waals surface area (Å²) in [5.41, 5.74) is 0.680. The molecule has 0 fully saturated rings. The van der Waals surface area contributed by atoms with Crippen LogP contribution in [0.15, 0.2) is 12.1 Å². The number of nitrogens with zero attached hydrogens (tertiary/aromatic N) is 1. The predicted octanol–water partition coefficient (Wildman–Crippen LogP) is 3.56. The number of anilines is 1. The van der Waals surface area contributed by atoms with Gasteiger partial charge >= 0.3 is 0 Å². The molecule has 0 bridgehead atoms. The first-order chi connectivity index (χ1) is 8.86. The molecule has 0 amide bonds. The molecule has 0 aliphatic rings. The average molecular weight is 270 g/mol. The molecule has 2 nitrogen and oxygen atoms in total. The zero-order chi connectivity index (χ0) is 14.6. The maximum absolute atomic E-state index is 14.1. The molecule has 0 aliphatic carbocycles. The highest BCUT2D eigenvalue weighted by Crippen LogP contribution is 2.27. The summed E-state index contributed by atoms with van der Waals surface area (Å²) in [6, 6.07) is 2.89. The van der Waals surface area contributed by atoms with E-state index in [1.54, 1.807) is 19.0 Å². The van der Waals surface area contributed by atoms with E-state index in [1.165, 1.54) is 12.1 Å². The smallest absolute Gasteiger partial charge is 0.149 e. The molecule has 0 saturated carbocycles. The number of halogens is 2. The van der Waals surface area contributed by atoms with Gasteiger partial charge in [-0.15, -0.1) is 0 Å². The highest BCUT2D eigenvalue weighted by atomic mass is 19.1. The van der Waals surface area contributed by atoms with Crippen LogP contribution in [0.1, 0.15) is 32.8 Å². The maximum atomic E-state index is 14.1. The molecule has 0 aliphatic heterocycles. The normalized spacial score (nSPS) is 12.8. The molecule has 1 rings (SSSR count). The number of rotatable bonds is 6. The molecular weight excluding hydrogens is 246 g/mol. The first-order valence-corrected chi connectivity index (χ1v) is 6.72. The van der Waals surface area contributed by atoms with E-state index in [2.05, 4.69) is 19.2 Å². The van der Waals surface area contributed by atoms with Gasteiger partial charge in [-0.3, -0.25) is 0 Å². The summed E-state index contributed by atoms with van der Waals surface area (Å²) >= 11 is 0. The summed E-state index contributed by atoms with van der Waals surface area (Å²) in [6.07, 6.45) is 0.896. The van der Waals surface area contributed by atoms with Gasteiger partial charge in [-0.05, 0) is 44.0 Å². The molecule has 1 aromatic rings. The summed E-state index contributed by atoms with van der Waals surface area (Å²) in [5.74, 6) is -0.501. The van der Waals surface area contributed by atoms with Crippen molar-refractivity contribution >= 4 is 5.69 Å². The number of hydrogen-bond acceptors (Lipinski definition) is 2. The van der Waals surface area contributed by atoms with Gasteiger partial charge in [-0.1, -0.05) is 13.8 Å². The van der Waals surface area contributed by atoms with Gasteiger partial charge < -0.3 is 10.2 Å². The molecule has 1 unspecified atom stereocenters. The zero-order valence-electron chi connectivity index (χ0n) is 12.4. The predicted molar refractivity (Wildman–Crippen MR) is 76.4 cm³/mol. The monoisotopic (exact) mass is 270 g/mol. The van der Waals surface area contributed by atoms with E-state index >= 15 is 0 Å². The molecule has 0 spiro atoms. The molecule has 0 aromatic heterocycles. The lowest BCUT2D eigenvalue weighted by molar-refractivity contribution is 0.488. The first kappa shape index (κ1) is 15.9. The van der Waals surface area contributed by atoms with Crippen LogP contribution in [-0.2, 0) is 6.54 Å². The molecule has 19 heavy (non-hydrogen) atoms. The van der Waals surface area contributed by atoms with Gasteiger partial charge in [0, 0.05) is 19.6 Å². The van der Waals surface area contributed by atoms with Crippen LogP contribution in [0.3, 0.4) is 0 Å². The van der Waals surface area contributed by atoms with Crippen LogP contribution in [0.5, 0.6) is 0 Å². The van der Waals surface area contributed by atoms with E-state index in [0.717, 1.165) is 6.42 Å². The number of hydrogen-bond donors (Lipinski definition) is 1. The summed E-state index contributed by atoms with van der Waals surface area (Å²) in [7, 11) is 3.49. The van der Waals surface area contributed by atoms with Gasteiger partial charge in [0.05, 0.1) is 0 Å². The van der Waals surface area contributed by atoms with Crippen molar-refractivity contribution in [3.8, 4) is 0 Å². The van der Waals surface area contributed by atoms with Crippen LogP contribution < -0.4 is 10.2 Å². The summed E-state index contributed by atoms with van der Waals surface area (Å²) in [6.45, 7) is 6.65. The van der Waals surface area contributed by atoms with Crippen LogP contribution in [-0.4, -0.2) is 20.1 Å². The Morgan fingerprint density at radius 1 is 1.16 bits per heavy atom. The highest BCUT2D eigenvalue weighted by molar-refractivity contribution is 5.50.